The topological polar surface area (TPSA) is 49.4 Å². The molecule has 1 aromatic carbocycles. The van der Waals surface area contributed by atoms with Crippen molar-refractivity contribution in [2.45, 2.75) is 12.1 Å². The van der Waals surface area contributed by atoms with Crippen LogP contribution in [0.5, 0.6) is 0 Å². The van der Waals surface area contributed by atoms with Crippen LogP contribution < -0.4 is 10.2 Å². The maximum absolute atomic E-state index is 13.5. The highest BCUT2D eigenvalue weighted by atomic mass is 35.5. The molecule has 102 valence electrons. The number of hydrogen-bond donors (Lipinski definition) is 1. The van der Waals surface area contributed by atoms with E-state index in [9.17, 15) is 12.8 Å². The first-order valence-corrected chi connectivity index (χ1v) is 8.23. The maximum atomic E-state index is 13.5. The first-order chi connectivity index (χ1) is 8.87. The molecular formula is C11H10ClFN2O2S2. The van der Waals surface area contributed by atoms with E-state index in [1.165, 1.54) is 12.1 Å². The molecule has 0 spiro atoms. The summed E-state index contributed by atoms with van der Waals surface area (Å²) in [6.45, 7) is 0. The lowest BCUT2D eigenvalue weighted by atomic mass is 10.1. The second-order valence-electron chi connectivity index (χ2n) is 4.67. The van der Waals surface area contributed by atoms with Crippen LogP contribution in [-0.2, 0) is 9.84 Å². The van der Waals surface area contributed by atoms with Crippen LogP contribution >= 0.6 is 23.8 Å². The van der Waals surface area contributed by atoms with E-state index in [2.05, 4.69) is 5.32 Å². The number of nitrogens with one attached hydrogen (secondary N) is 1. The van der Waals surface area contributed by atoms with E-state index in [1.807, 2.05) is 0 Å². The lowest BCUT2D eigenvalue weighted by molar-refractivity contribution is 0.600. The molecule has 0 bridgehead atoms. The lowest BCUT2D eigenvalue weighted by Gasteiger charge is -2.23. The molecule has 2 heterocycles. The summed E-state index contributed by atoms with van der Waals surface area (Å²) in [5.41, 5.74) is 0.518. The van der Waals surface area contributed by atoms with Crippen molar-refractivity contribution in [2.75, 3.05) is 16.4 Å². The van der Waals surface area contributed by atoms with Crippen LogP contribution in [0.3, 0.4) is 0 Å². The monoisotopic (exact) mass is 320 g/mol. The van der Waals surface area contributed by atoms with Crippen LogP contribution in [0, 0.1) is 5.82 Å². The second-order valence-corrected chi connectivity index (χ2v) is 7.62. The first kappa shape index (κ1) is 13.1. The van der Waals surface area contributed by atoms with Crippen molar-refractivity contribution in [3.8, 4) is 0 Å². The molecule has 19 heavy (non-hydrogen) atoms. The molecule has 0 amide bonds. The van der Waals surface area contributed by atoms with Gasteiger partial charge in [-0.25, -0.2) is 12.8 Å². The van der Waals surface area contributed by atoms with Crippen molar-refractivity contribution in [1.29, 1.82) is 0 Å². The van der Waals surface area contributed by atoms with Crippen molar-refractivity contribution in [1.82, 2.24) is 5.32 Å². The van der Waals surface area contributed by atoms with E-state index < -0.39 is 15.7 Å². The number of sulfone groups is 1. The Morgan fingerprint density at radius 2 is 2.16 bits per heavy atom. The minimum Gasteiger partial charge on any atom is -0.356 e. The molecule has 0 radical (unpaired) electrons. The highest BCUT2D eigenvalue weighted by molar-refractivity contribution is 7.91. The van der Waals surface area contributed by atoms with Crippen molar-refractivity contribution in [2.24, 2.45) is 0 Å². The average Bonchev–Trinajstić information content (AvgIpc) is 2.73. The molecule has 0 unspecified atom stereocenters. The summed E-state index contributed by atoms with van der Waals surface area (Å²) in [6.07, 6.45) is 0. The summed E-state index contributed by atoms with van der Waals surface area (Å²) >= 11 is 10.8. The van der Waals surface area contributed by atoms with Gasteiger partial charge < -0.3 is 10.2 Å². The number of benzene rings is 1. The van der Waals surface area contributed by atoms with Crippen molar-refractivity contribution in [3.05, 3.63) is 29.0 Å². The summed E-state index contributed by atoms with van der Waals surface area (Å²) in [5, 5.41) is 3.43. The normalized spacial score (nSPS) is 28.3. The summed E-state index contributed by atoms with van der Waals surface area (Å²) in [4.78, 5) is 1.66. The minimum atomic E-state index is -3.07. The number of hydrogen-bond acceptors (Lipinski definition) is 3. The van der Waals surface area contributed by atoms with Gasteiger partial charge in [0.15, 0.2) is 14.9 Å². The molecule has 3 rings (SSSR count). The van der Waals surface area contributed by atoms with Crippen LogP contribution in [0.2, 0.25) is 5.02 Å². The first-order valence-electron chi connectivity index (χ1n) is 5.62. The third-order valence-corrected chi connectivity index (χ3v) is 5.70. The van der Waals surface area contributed by atoms with Gasteiger partial charge in [0.2, 0.25) is 0 Å². The molecule has 0 saturated carbocycles. The molecule has 0 aromatic heterocycles. The number of halogens is 2. The van der Waals surface area contributed by atoms with E-state index in [0.29, 0.717) is 10.8 Å². The number of nitrogens with zero attached hydrogens (tertiary/aromatic N) is 1. The molecule has 2 aliphatic heterocycles. The van der Waals surface area contributed by atoms with Gasteiger partial charge in [-0.15, -0.1) is 0 Å². The number of anilines is 1. The Balaban J connectivity index is 1.99. The molecule has 4 nitrogen and oxygen atoms in total. The third-order valence-electron chi connectivity index (χ3n) is 3.36. The Morgan fingerprint density at radius 3 is 2.84 bits per heavy atom. The van der Waals surface area contributed by atoms with Gasteiger partial charge in [-0.3, -0.25) is 0 Å². The van der Waals surface area contributed by atoms with Crippen LogP contribution in [-0.4, -0.2) is 37.1 Å². The zero-order chi connectivity index (χ0) is 13.8. The highest BCUT2D eigenvalue weighted by Crippen LogP contribution is 2.31. The molecule has 1 aromatic rings. The van der Waals surface area contributed by atoms with E-state index >= 15 is 0 Å². The fourth-order valence-corrected chi connectivity index (χ4v) is 4.94. The summed E-state index contributed by atoms with van der Waals surface area (Å²) < 4.78 is 36.8. The SMILES string of the molecule is O=S1(=O)C[C@@H]2[C@@H](C1)NC(=S)N2c1ccc(Cl)c(F)c1. The zero-order valence-electron chi connectivity index (χ0n) is 9.64. The van der Waals surface area contributed by atoms with E-state index in [-0.39, 0.29) is 28.6 Å². The Bertz CT molecular complexity index is 665. The minimum absolute atomic E-state index is 0.0229. The molecule has 0 aliphatic carbocycles. The largest absolute Gasteiger partial charge is 0.356 e. The van der Waals surface area contributed by atoms with E-state index in [0.717, 1.165) is 0 Å². The second kappa shape index (κ2) is 4.29. The predicted octanol–water partition coefficient (Wildman–Crippen LogP) is 1.34. The van der Waals surface area contributed by atoms with E-state index in [1.54, 1.807) is 11.0 Å². The van der Waals surface area contributed by atoms with Crippen LogP contribution in [0.4, 0.5) is 10.1 Å². The standard InChI is InChI=1S/C11H10ClFN2O2S2/c12-7-2-1-6(3-8(7)13)15-10-5-19(16,17)4-9(10)14-11(15)18/h1-3,9-10H,4-5H2,(H,14,18)/t9-,10-/m1/s1. The Labute approximate surface area is 120 Å². The van der Waals surface area contributed by atoms with Gasteiger partial charge >= 0.3 is 0 Å². The summed E-state index contributed by atoms with van der Waals surface area (Å²) in [6, 6.07) is 3.83. The summed E-state index contributed by atoms with van der Waals surface area (Å²) in [5.74, 6) is -0.467. The van der Waals surface area contributed by atoms with Gasteiger partial charge in [0, 0.05) is 5.69 Å². The molecular weight excluding hydrogens is 311 g/mol. The van der Waals surface area contributed by atoms with Gasteiger partial charge in [0.1, 0.15) is 5.82 Å². The third kappa shape index (κ3) is 2.19. The lowest BCUT2D eigenvalue weighted by Crippen LogP contribution is -2.36. The van der Waals surface area contributed by atoms with Crippen LogP contribution in [0.25, 0.3) is 0 Å². The Hall–Kier alpha value is -0.920. The van der Waals surface area contributed by atoms with Crippen molar-refractivity contribution in [3.63, 3.8) is 0 Å². The maximum Gasteiger partial charge on any atom is 0.174 e. The fourth-order valence-electron chi connectivity index (χ4n) is 2.54. The van der Waals surface area contributed by atoms with Crippen molar-refractivity contribution < 1.29 is 12.8 Å². The van der Waals surface area contributed by atoms with E-state index in [4.69, 9.17) is 23.8 Å². The highest BCUT2D eigenvalue weighted by Gasteiger charge is 2.47. The number of rotatable bonds is 1. The van der Waals surface area contributed by atoms with Crippen molar-refractivity contribution >= 4 is 44.5 Å². The van der Waals surface area contributed by atoms with Gasteiger partial charge in [-0.1, -0.05) is 11.6 Å². The summed E-state index contributed by atoms with van der Waals surface area (Å²) in [7, 11) is -3.07. The fraction of sp³-hybridized carbons (Fsp3) is 0.364. The Morgan fingerprint density at radius 1 is 1.42 bits per heavy atom. The average molecular weight is 321 g/mol. The molecule has 8 heteroatoms. The molecule has 2 aliphatic rings. The van der Waals surface area contributed by atoms with Gasteiger partial charge in [-0.05, 0) is 30.4 Å². The number of thiocarbonyl (C=S) groups is 1. The van der Waals surface area contributed by atoms with Gasteiger partial charge in [0.05, 0.1) is 28.6 Å². The van der Waals surface area contributed by atoms with Crippen LogP contribution in [0.15, 0.2) is 18.2 Å². The quantitative estimate of drug-likeness (QED) is 0.791. The van der Waals surface area contributed by atoms with Gasteiger partial charge in [0.25, 0.3) is 0 Å². The molecule has 2 atom stereocenters. The smallest absolute Gasteiger partial charge is 0.174 e. The zero-order valence-corrected chi connectivity index (χ0v) is 12.0. The molecule has 2 saturated heterocycles. The van der Waals surface area contributed by atoms with Crippen LogP contribution in [0.1, 0.15) is 0 Å². The van der Waals surface area contributed by atoms with Gasteiger partial charge in [-0.2, -0.15) is 0 Å². The molecule has 2 fully saturated rings. The number of fused-ring (bicyclic) bond motifs is 1. The predicted molar refractivity (Wildman–Crippen MR) is 75.9 cm³/mol. The Kier molecular flexibility index (Phi) is 2.95. The molecule has 1 N–H and O–H groups in total.